The average molecular weight is 376 g/mol. The van der Waals surface area contributed by atoms with Gasteiger partial charge in [0, 0.05) is 19.9 Å². The zero-order valence-corrected chi connectivity index (χ0v) is 16.9. The van der Waals surface area contributed by atoms with Crippen LogP contribution in [0.5, 0.6) is 0 Å². The van der Waals surface area contributed by atoms with Crippen LogP contribution in [0.15, 0.2) is 66.9 Å². The van der Waals surface area contributed by atoms with Crippen molar-refractivity contribution in [3.05, 3.63) is 89.1 Å². The number of aromatic nitrogens is 1. The summed E-state index contributed by atoms with van der Waals surface area (Å²) in [5.74, 6) is 0.855. The molecule has 0 aliphatic rings. The van der Waals surface area contributed by atoms with Gasteiger partial charge in [-0.1, -0.05) is 59.7 Å². The maximum atomic E-state index is 5.45. The van der Waals surface area contributed by atoms with Crippen molar-refractivity contribution in [2.24, 2.45) is 0 Å². The van der Waals surface area contributed by atoms with Crippen LogP contribution in [0.2, 0.25) is 0 Å². The van der Waals surface area contributed by atoms with Crippen LogP contribution in [-0.2, 0) is 17.7 Å². The number of benzene rings is 2. The van der Waals surface area contributed by atoms with Gasteiger partial charge in [0.15, 0.2) is 0 Å². The van der Waals surface area contributed by atoms with Gasteiger partial charge in [-0.25, -0.2) is 4.98 Å². The molecule has 146 valence electrons. The highest BCUT2D eigenvalue weighted by atomic mass is 16.5. The summed E-state index contributed by atoms with van der Waals surface area (Å²) in [6, 6.07) is 21.4. The minimum Gasteiger partial charge on any atom is -0.383 e. The lowest BCUT2D eigenvalue weighted by Crippen LogP contribution is -2.28. The number of nitrogens with one attached hydrogen (secondary N) is 2. The Morgan fingerprint density at radius 2 is 1.54 bits per heavy atom. The first-order valence-corrected chi connectivity index (χ1v) is 9.69. The standard InChI is InChI=1S/C24H29N3O/c1-18-6-10-20(11-7-18)15-22(17-28-3)27-23-5-4-14-25-24(23)26-16-21-12-8-19(2)9-13-21/h4-14,22,27H,15-17H2,1-3H3,(H,25,26). The average Bonchev–Trinajstić information content (AvgIpc) is 2.70. The van der Waals surface area contributed by atoms with E-state index in [2.05, 4.69) is 84.1 Å². The molecule has 0 saturated carbocycles. The Morgan fingerprint density at radius 1 is 0.893 bits per heavy atom. The lowest BCUT2D eigenvalue weighted by molar-refractivity contribution is 0.185. The maximum Gasteiger partial charge on any atom is 0.149 e. The van der Waals surface area contributed by atoms with Crippen LogP contribution in [0.1, 0.15) is 22.3 Å². The molecule has 0 fully saturated rings. The largest absolute Gasteiger partial charge is 0.383 e. The second kappa shape index (κ2) is 9.90. The fourth-order valence-electron chi connectivity index (χ4n) is 3.14. The molecule has 2 aromatic carbocycles. The van der Waals surface area contributed by atoms with Crippen molar-refractivity contribution in [3.8, 4) is 0 Å². The molecule has 4 heteroatoms. The summed E-state index contributed by atoms with van der Waals surface area (Å²) >= 11 is 0. The van der Waals surface area contributed by atoms with Crippen LogP contribution in [-0.4, -0.2) is 24.7 Å². The molecule has 2 N–H and O–H groups in total. The number of rotatable bonds is 9. The SMILES string of the molecule is COCC(Cc1ccc(C)cc1)Nc1cccnc1NCc1ccc(C)cc1. The number of hydrogen-bond acceptors (Lipinski definition) is 4. The summed E-state index contributed by atoms with van der Waals surface area (Å²) in [5.41, 5.74) is 6.05. The molecule has 1 aromatic heterocycles. The van der Waals surface area contributed by atoms with E-state index in [-0.39, 0.29) is 6.04 Å². The van der Waals surface area contributed by atoms with E-state index in [1.165, 1.54) is 22.3 Å². The van der Waals surface area contributed by atoms with E-state index in [0.29, 0.717) is 6.61 Å². The van der Waals surface area contributed by atoms with E-state index in [1.54, 1.807) is 7.11 Å². The van der Waals surface area contributed by atoms with Crippen LogP contribution in [0.4, 0.5) is 11.5 Å². The molecule has 4 nitrogen and oxygen atoms in total. The number of anilines is 2. The third-order valence-corrected chi connectivity index (χ3v) is 4.72. The molecule has 1 atom stereocenters. The Balaban J connectivity index is 1.68. The van der Waals surface area contributed by atoms with Crippen LogP contribution in [0.25, 0.3) is 0 Å². The Hall–Kier alpha value is -2.85. The van der Waals surface area contributed by atoms with Crippen LogP contribution in [0, 0.1) is 13.8 Å². The number of aryl methyl sites for hydroxylation is 2. The van der Waals surface area contributed by atoms with Crippen molar-refractivity contribution < 1.29 is 4.74 Å². The second-order valence-corrected chi connectivity index (χ2v) is 7.23. The summed E-state index contributed by atoms with van der Waals surface area (Å²) in [7, 11) is 1.74. The predicted octanol–water partition coefficient (Wildman–Crippen LogP) is 4.98. The van der Waals surface area contributed by atoms with Gasteiger partial charge in [0.1, 0.15) is 5.82 Å². The van der Waals surface area contributed by atoms with Gasteiger partial charge in [0.05, 0.1) is 18.3 Å². The van der Waals surface area contributed by atoms with Crippen molar-refractivity contribution in [2.75, 3.05) is 24.4 Å². The summed E-state index contributed by atoms with van der Waals surface area (Å²) < 4.78 is 5.45. The zero-order valence-electron chi connectivity index (χ0n) is 16.9. The molecule has 3 rings (SSSR count). The smallest absolute Gasteiger partial charge is 0.149 e. The molecule has 0 bridgehead atoms. The molecule has 0 saturated heterocycles. The minimum absolute atomic E-state index is 0.164. The quantitative estimate of drug-likeness (QED) is 0.554. The van der Waals surface area contributed by atoms with Crippen LogP contribution < -0.4 is 10.6 Å². The highest BCUT2D eigenvalue weighted by Crippen LogP contribution is 2.21. The summed E-state index contributed by atoms with van der Waals surface area (Å²) in [4.78, 5) is 4.53. The molecule has 1 heterocycles. The van der Waals surface area contributed by atoms with E-state index in [9.17, 15) is 0 Å². The molecular weight excluding hydrogens is 346 g/mol. The summed E-state index contributed by atoms with van der Waals surface area (Å²) in [6.07, 6.45) is 2.70. The first-order chi connectivity index (χ1) is 13.6. The van der Waals surface area contributed by atoms with Gasteiger partial charge in [-0.3, -0.25) is 0 Å². The molecule has 0 spiro atoms. The number of nitrogens with zero attached hydrogens (tertiary/aromatic N) is 1. The first kappa shape index (κ1) is 19.9. The highest BCUT2D eigenvalue weighted by Gasteiger charge is 2.12. The molecule has 3 aromatic rings. The van der Waals surface area contributed by atoms with Crippen molar-refractivity contribution in [1.82, 2.24) is 4.98 Å². The van der Waals surface area contributed by atoms with Crippen molar-refractivity contribution >= 4 is 11.5 Å². The fraction of sp³-hybridized carbons (Fsp3) is 0.292. The number of ether oxygens (including phenoxy) is 1. The number of methoxy groups -OCH3 is 1. The monoisotopic (exact) mass is 375 g/mol. The Bertz CT molecular complexity index is 860. The van der Waals surface area contributed by atoms with E-state index >= 15 is 0 Å². The van der Waals surface area contributed by atoms with E-state index in [0.717, 1.165) is 24.5 Å². The van der Waals surface area contributed by atoms with Gasteiger partial charge in [-0.15, -0.1) is 0 Å². The van der Waals surface area contributed by atoms with Crippen LogP contribution >= 0.6 is 0 Å². The van der Waals surface area contributed by atoms with Gasteiger partial charge in [0.25, 0.3) is 0 Å². The molecule has 1 unspecified atom stereocenters. The molecule has 0 aliphatic heterocycles. The number of hydrogen-bond donors (Lipinski definition) is 2. The predicted molar refractivity (Wildman–Crippen MR) is 117 cm³/mol. The van der Waals surface area contributed by atoms with Gasteiger partial charge < -0.3 is 15.4 Å². The first-order valence-electron chi connectivity index (χ1n) is 9.69. The van der Waals surface area contributed by atoms with Gasteiger partial charge >= 0.3 is 0 Å². The Kier molecular flexibility index (Phi) is 7.04. The third kappa shape index (κ3) is 5.83. The van der Waals surface area contributed by atoms with E-state index < -0.39 is 0 Å². The van der Waals surface area contributed by atoms with E-state index in [1.807, 2.05) is 12.3 Å². The van der Waals surface area contributed by atoms with Gasteiger partial charge in [0.2, 0.25) is 0 Å². The van der Waals surface area contributed by atoms with Gasteiger partial charge in [-0.2, -0.15) is 0 Å². The molecule has 0 amide bonds. The second-order valence-electron chi connectivity index (χ2n) is 7.23. The van der Waals surface area contributed by atoms with Crippen molar-refractivity contribution in [3.63, 3.8) is 0 Å². The van der Waals surface area contributed by atoms with Crippen molar-refractivity contribution in [1.29, 1.82) is 0 Å². The lowest BCUT2D eigenvalue weighted by Gasteiger charge is -2.21. The lowest BCUT2D eigenvalue weighted by atomic mass is 10.0. The summed E-state index contributed by atoms with van der Waals surface area (Å²) in [5, 5.41) is 7.06. The Morgan fingerprint density at radius 3 is 2.18 bits per heavy atom. The highest BCUT2D eigenvalue weighted by molar-refractivity contribution is 5.64. The maximum absolute atomic E-state index is 5.45. The van der Waals surface area contributed by atoms with Gasteiger partial charge in [-0.05, 0) is 43.5 Å². The molecule has 0 aliphatic carbocycles. The van der Waals surface area contributed by atoms with Crippen LogP contribution in [0.3, 0.4) is 0 Å². The minimum atomic E-state index is 0.164. The van der Waals surface area contributed by atoms with E-state index in [4.69, 9.17) is 4.74 Å². The molecular formula is C24H29N3O. The Labute approximate surface area is 168 Å². The fourth-order valence-corrected chi connectivity index (χ4v) is 3.14. The zero-order chi connectivity index (χ0) is 19.8. The number of pyridine rings is 1. The third-order valence-electron chi connectivity index (χ3n) is 4.72. The normalized spacial score (nSPS) is 11.8. The molecule has 28 heavy (non-hydrogen) atoms. The summed E-state index contributed by atoms with van der Waals surface area (Å²) in [6.45, 7) is 5.57. The van der Waals surface area contributed by atoms with Crippen molar-refractivity contribution in [2.45, 2.75) is 32.9 Å². The molecule has 0 radical (unpaired) electrons. The topological polar surface area (TPSA) is 46.2 Å².